The minimum atomic E-state index is -0.863. The molecule has 0 aliphatic carbocycles. The van der Waals surface area contributed by atoms with E-state index in [4.69, 9.17) is 9.47 Å². The van der Waals surface area contributed by atoms with Crippen molar-refractivity contribution in [2.75, 3.05) is 20.8 Å². The molecule has 19 heavy (non-hydrogen) atoms. The van der Waals surface area contributed by atoms with E-state index in [2.05, 4.69) is 5.32 Å². The molecule has 0 atom stereocenters. The SMILES string of the molecule is CNC(=O)CCC(=O)C(C)(C)OCCC(C)(C)OC. The van der Waals surface area contributed by atoms with Crippen molar-refractivity contribution < 1.29 is 19.1 Å². The lowest BCUT2D eigenvalue weighted by atomic mass is 9.98. The average Bonchev–Trinajstić information content (AvgIpc) is 2.34. The molecule has 0 heterocycles. The molecule has 0 rings (SSSR count). The smallest absolute Gasteiger partial charge is 0.220 e. The second kappa shape index (κ2) is 7.60. The van der Waals surface area contributed by atoms with Crippen molar-refractivity contribution >= 4 is 11.7 Å². The largest absolute Gasteiger partial charge is 0.379 e. The van der Waals surface area contributed by atoms with Gasteiger partial charge in [-0.2, -0.15) is 0 Å². The van der Waals surface area contributed by atoms with Crippen LogP contribution < -0.4 is 5.32 Å². The molecule has 1 N–H and O–H groups in total. The molecule has 0 aromatic rings. The lowest BCUT2D eigenvalue weighted by Gasteiger charge is -2.27. The highest BCUT2D eigenvalue weighted by atomic mass is 16.5. The Bertz CT molecular complexity index is 311. The number of Topliss-reactive ketones (excluding diaryl/α,β-unsaturated/α-hetero) is 1. The summed E-state index contributed by atoms with van der Waals surface area (Å²) in [5.74, 6) is -0.198. The predicted molar refractivity (Wildman–Crippen MR) is 74.0 cm³/mol. The molecule has 0 saturated heterocycles. The number of hydrogen-bond acceptors (Lipinski definition) is 4. The van der Waals surface area contributed by atoms with Gasteiger partial charge in [-0.25, -0.2) is 0 Å². The number of amides is 1. The highest BCUT2D eigenvalue weighted by Gasteiger charge is 2.29. The Labute approximate surface area is 116 Å². The zero-order chi connectivity index (χ0) is 15.1. The van der Waals surface area contributed by atoms with Crippen molar-refractivity contribution in [1.82, 2.24) is 5.32 Å². The highest BCUT2D eigenvalue weighted by molar-refractivity contribution is 5.90. The van der Waals surface area contributed by atoms with E-state index < -0.39 is 5.60 Å². The van der Waals surface area contributed by atoms with Gasteiger partial charge >= 0.3 is 0 Å². The fourth-order valence-electron chi connectivity index (χ4n) is 1.39. The van der Waals surface area contributed by atoms with Gasteiger partial charge in [0.1, 0.15) is 5.60 Å². The molecule has 0 aliphatic rings. The number of ether oxygens (including phenoxy) is 2. The van der Waals surface area contributed by atoms with Crippen LogP contribution in [0.1, 0.15) is 47.0 Å². The monoisotopic (exact) mass is 273 g/mol. The standard InChI is InChI=1S/C14H27NO4/c1-13(2,18-6)9-10-19-14(3,4)11(16)7-8-12(17)15-5/h7-10H2,1-6H3,(H,15,17). The van der Waals surface area contributed by atoms with E-state index in [0.717, 1.165) is 0 Å². The van der Waals surface area contributed by atoms with Crippen molar-refractivity contribution in [3.63, 3.8) is 0 Å². The van der Waals surface area contributed by atoms with E-state index in [9.17, 15) is 9.59 Å². The van der Waals surface area contributed by atoms with Crippen LogP contribution in [0.5, 0.6) is 0 Å². The molecular weight excluding hydrogens is 246 g/mol. The highest BCUT2D eigenvalue weighted by Crippen LogP contribution is 2.18. The summed E-state index contributed by atoms with van der Waals surface area (Å²) in [6.45, 7) is 7.85. The summed E-state index contributed by atoms with van der Waals surface area (Å²) in [5, 5.41) is 2.49. The van der Waals surface area contributed by atoms with Gasteiger partial charge in [-0.1, -0.05) is 0 Å². The molecular formula is C14H27NO4. The molecule has 1 amide bonds. The topological polar surface area (TPSA) is 64.6 Å². The van der Waals surface area contributed by atoms with Gasteiger partial charge in [0.2, 0.25) is 5.91 Å². The summed E-state index contributed by atoms with van der Waals surface area (Å²) in [4.78, 5) is 23.1. The molecule has 0 unspecified atom stereocenters. The van der Waals surface area contributed by atoms with Gasteiger partial charge in [-0.05, 0) is 34.1 Å². The molecule has 0 radical (unpaired) electrons. The second-order valence-corrected chi connectivity index (χ2v) is 5.67. The van der Waals surface area contributed by atoms with Gasteiger partial charge in [-0.15, -0.1) is 0 Å². The summed E-state index contributed by atoms with van der Waals surface area (Å²) in [7, 11) is 3.21. The van der Waals surface area contributed by atoms with Crippen molar-refractivity contribution in [2.24, 2.45) is 0 Å². The van der Waals surface area contributed by atoms with Gasteiger partial charge in [0.25, 0.3) is 0 Å². The third-order valence-corrected chi connectivity index (χ3v) is 3.25. The van der Waals surface area contributed by atoms with Gasteiger partial charge in [0.05, 0.1) is 12.2 Å². The first-order valence-electron chi connectivity index (χ1n) is 6.57. The minimum Gasteiger partial charge on any atom is -0.379 e. The Kier molecular flexibility index (Phi) is 7.23. The first-order valence-corrected chi connectivity index (χ1v) is 6.57. The van der Waals surface area contributed by atoms with Crippen molar-refractivity contribution in [3.05, 3.63) is 0 Å². The van der Waals surface area contributed by atoms with E-state index >= 15 is 0 Å². The molecule has 0 fully saturated rings. The lowest BCUT2D eigenvalue weighted by molar-refractivity contribution is -0.143. The van der Waals surface area contributed by atoms with Crippen LogP contribution in [0, 0.1) is 0 Å². The maximum Gasteiger partial charge on any atom is 0.220 e. The fourth-order valence-corrected chi connectivity index (χ4v) is 1.39. The predicted octanol–water partition coefficient (Wildman–Crippen LogP) is 1.69. The number of carbonyl (C=O) groups is 2. The van der Waals surface area contributed by atoms with Crippen LogP contribution >= 0.6 is 0 Å². The zero-order valence-electron chi connectivity index (χ0n) is 13.0. The summed E-state index contributed by atoms with van der Waals surface area (Å²) in [6.07, 6.45) is 1.10. The first-order chi connectivity index (χ1) is 8.64. The van der Waals surface area contributed by atoms with E-state index in [1.165, 1.54) is 0 Å². The number of rotatable bonds is 9. The second-order valence-electron chi connectivity index (χ2n) is 5.67. The van der Waals surface area contributed by atoms with Crippen LogP contribution in [0.15, 0.2) is 0 Å². The van der Waals surface area contributed by atoms with E-state index in [0.29, 0.717) is 13.0 Å². The summed E-state index contributed by atoms with van der Waals surface area (Å²) < 4.78 is 10.9. The van der Waals surface area contributed by atoms with Crippen LogP contribution in [-0.2, 0) is 19.1 Å². The number of methoxy groups -OCH3 is 1. The number of nitrogens with one attached hydrogen (secondary N) is 1. The number of hydrogen-bond donors (Lipinski definition) is 1. The number of carbonyl (C=O) groups excluding carboxylic acids is 2. The molecule has 0 bridgehead atoms. The van der Waals surface area contributed by atoms with Gasteiger partial charge in [-0.3, -0.25) is 9.59 Å². The minimum absolute atomic E-state index is 0.0636. The summed E-state index contributed by atoms with van der Waals surface area (Å²) in [6, 6.07) is 0. The fraction of sp³-hybridized carbons (Fsp3) is 0.857. The molecule has 112 valence electrons. The Morgan fingerprint density at radius 3 is 2.16 bits per heavy atom. The van der Waals surface area contributed by atoms with Crippen LogP contribution in [0.2, 0.25) is 0 Å². The third kappa shape index (κ3) is 7.28. The van der Waals surface area contributed by atoms with Crippen molar-refractivity contribution in [3.8, 4) is 0 Å². The van der Waals surface area contributed by atoms with E-state index in [1.54, 1.807) is 28.0 Å². The molecule has 5 heteroatoms. The van der Waals surface area contributed by atoms with Gasteiger partial charge in [0.15, 0.2) is 5.78 Å². The maximum absolute atomic E-state index is 12.0. The summed E-state index contributed by atoms with van der Waals surface area (Å²) in [5.41, 5.74) is -1.13. The number of ketones is 1. The zero-order valence-corrected chi connectivity index (χ0v) is 13.0. The molecule has 5 nitrogen and oxygen atoms in total. The van der Waals surface area contributed by atoms with E-state index in [-0.39, 0.29) is 30.1 Å². The van der Waals surface area contributed by atoms with Crippen LogP contribution in [-0.4, -0.2) is 43.7 Å². The van der Waals surface area contributed by atoms with E-state index in [1.807, 2.05) is 13.8 Å². The molecule has 0 aromatic carbocycles. The normalized spacial score (nSPS) is 12.3. The molecule has 0 aromatic heterocycles. The molecule has 0 aliphatic heterocycles. The Balaban J connectivity index is 4.16. The summed E-state index contributed by atoms with van der Waals surface area (Å²) >= 11 is 0. The Hall–Kier alpha value is -0.940. The van der Waals surface area contributed by atoms with Crippen LogP contribution in [0.25, 0.3) is 0 Å². The quantitative estimate of drug-likeness (QED) is 0.694. The van der Waals surface area contributed by atoms with Crippen LogP contribution in [0.3, 0.4) is 0 Å². The first kappa shape index (κ1) is 18.1. The van der Waals surface area contributed by atoms with Crippen LogP contribution in [0.4, 0.5) is 0 Å². The maximum atomic E-state index is 12.0. The lowest BCUT2D eigenvalue weighted by Crippen LogP contribution is -2.37. The molecule has 0 saturated carbocycles. The van der Waals surface area contributed by atoms with Gasteiger partial charge in [0, 0.05) is 27.0 Å². The third-order valence-electron chi connectivity index (χ3n) is 3.25. The van der Waals surface area contributed by atoms with Crippen molar-refractivity contribution in [2.45, 2.75) is 58.2 Å². The average molecular weight is 273 g/mol. The Morgan fingerprint density at radius 1 is 1.11 bits per heavy atom. The van der Waals surface area contributed by atoms with Gasteiger partial charge < -0.3 is 14.8 Å². The Morgan fingerprint density at radius 2 is 1.68 bits per heavy atom. The molecule has 0 spiro atoms. The van der Waals surface area contributed by atoms with Crippen molar-refractivity contribution in [1.29, 1.82) is 0 Å².